The molecule has 0 saturated carbocycles. The average Bonchev–Trinajstić information content (AvgIpc) is 2.29. The molecule has 0 radical (unpaired) electrons. The van der Waals surface area contributed by atoms with E-state index in [0.717, 1.165) is 5.69 Å². The van der Waals surface area contributed by atoms with E-state index < -0.39 is 12.7 Å². The lowest BCUT2D eigenvalue weighted by atomic mass is 10.3. The Kier molecular flexibility index (Phi) is 5.75. The molecule has 0 aliphatic rings. The number of hydrogen-bond donors (Lipinski definition) is 1. The van der Waals surface area contributed by atoms with Crippen molar-refractivity contribution in [3.63, 3.8) is 0 Å². The summed E-state index contributed by atoms with van der Waals surface area (Å²) in [5, 5.41) is 3.69. The van der Waals surface area contributed by atoms with Crippen molar-refractivity contribution in [1.29, 1.82) is 0 Å². The van der Waals surface area contributed by atoms with Gasteiger partial charge >= 0.3 is 6.18 Å². The minimum absolute atomic E-state index is 0.346. The Labute approximate surface area is 110 Å². The molecule has 0 atom stereocenters. The van der Waals surface area contributed by atoms with Crippen molar-refractivity contribution in [3.8, 4) is 0 Å². The van der Waals surface area contributed by atoms with Crippen molar-refractivity contribution >= 4 is 17.3 Å². The zero-order valence-corrected chi connectivity index (χ0v) is 10.9. The van der Waals surface area contributed by atoms with Gasteiger partial charge in [0.1, 0.15) is 0 Å². The number of likely N-dealkylation sites (N-methyl/N-ethyl adjacent to an activating group) is 1. The van der Waals surface area contributed by atoms with Crippen LogP contribution in [-0.4, -0.2) is 37.3 Å². The van der Waals surface area contributed by atoms with E-state index >= 15 is 0 Å². The second-order valence-electron chi connectivity index (χ2n) is 3.92. The number of alkyl halides is 3. The summed E-state index contributed by atoms with van der Waals surface area (Å²) in [6.07, 6.45) is -4.14. The zero-order valence-electron chi connectivity index (χ0n) is 10.1. The van der Waals surface area contributed by atoms with Crippen LogP contribution in [0.3, 0.4) is 0 Å². The normalized spacial score (nSPS) is 11.9. The zero-order chi connectivity index (χ0) is 13.6. The van der Waals surface area contributed by atoms with E-state index in [1.165, 1.54) is 4.90 Å². The molecule has 0 amide bonds. The first kappa shape index (κ1) is 15.1. The van der Waals surface area contributed by atoms with Crippen LogP contribution in [0.2, 0.25) is 5.02 Å². The van der Waals surface area contributed by atoms with E-state index in [2.05, 4.69) is 5.32 Å². The summed E-state index contributed by atoms with van der Waals surface area (Å²) >= 11 is 5.73. The molecule has 0 aliphatic heterocycles. The third kappa shape index (κ3) is 6.12. The number of rotatable bonds is 6. The molecule has 1 N–H and O–H groups in total. The van der Waals surface area contributed by atoms with Crippen molar-refractivity contribution in [1.82, 2.24) is 4.90 Å². The SMILES string of the molecule is CCN(CCNc1ccc(Cl)cc1)CC(F)(F)F. The van der Waals surface area contributed by atoms with Gasteiger partial charge in [0, 0.05) is 23.8 Å². The van der Waals surface area contributed by atoms with Gasteiger partial charge < -0.3 is 5.32 Å². The highest BCUT2D eigenvalue weighted by Crippen LogP contribution is 2.16. The van der Waals surface area contributed by atoms with Crippen molar-refractivity contribution < 1.29 is 13.2 Å². The molecule has 0 spiro atoms. The Morgan fingerprint density at radius 2 is 1.83 bits per heavy atom. The molecule has 102 valence electrons. The number of nitrogens with one attached hydrogen (secondary N) is 1. The molecule has 0 bridgehead atoms. The van der Waals surface area contributed by atoms with Gasteiger partial charge in [-0.1, -0.05) is 18.5 Å². The van der Waals surface area contributed by atoms with E-state index in [0.29, 0.717) is 24.7 Å². The second kappa shape index (κ2) is 6.85. The lowest BCUT2D eigenvalue weighted by Crippen LogP contribution is -2.37. The third-order valence-electron chi connectivity index (χ3n) is 2.45. The summed E-state index contributed by atoms with van der Waals surface area (Å²) in [6, 6.07) is 7.05. The first-order valence-electron chi connectivity index (χ1n) is 5.69. The van der Waals surface area contributed by atoms with Crippen LogP contribution in [0.4, 0.5) is 18.9 Å². The van der Waals surface area contributed by atoms with Gasteiger partial charge in [0.25, 0.3) is 0 Å². The van der Waals surface area contributed by atoms with Gasteiger partial charge in [0.05, 0.1) is 6.54 Å². The van der Waals surface area contributed by atoms with E-state index in [9.17, 15) is 13.2 Å². The lowest BCUT2D eigenvalue weighted by molar-refractivity contribution is -0.145. The molecule has 0 aliphatic carbocycles. The highest BCUT2D eigenvalue weighted by Gasteiger charge is 2.29. The average molecular weight is 281 g/mol. The molecule has 1 aromatic carbocycles. The van der Waals surface area contributed by atoms with Crippen LogP contribution in [0.15, 0.2) is 24.3 Å². The summed E-state index contributed by atoms with van der Waals surface area (Å²) in [7, 11) is 0. The largest absolute Gasteiger partial charge is 0.401 e. The van der Waals surface area contributed by atoms with Gasteiger partial charge in [-0.25, -0.2) is 0 Å². The fourth-order valence-corrected chi connectivity index (χ4v) is 1.65. The van der Waals surface area contributed by atoms with Gasteiger partial charge in [-0.2, -0.15) is 13.2 Å². The maximum atomic E-state index is 12.2. The van der Waals surface area contributed by atoms with Crippen LogP contribution in [0.25, 0.3) is 0 Å². The smallest absolute Gasteiger partial charge is 0.384 e. The lowest BCUT2D eigenvalue weighted by Gasteiger charge is -2.22. The summed E-state index contributed by atoms with van der Waals surface area (Å²) in [6.45, 7) is 2.03. The molecule has 0 saturated heterocycles. The summed E-state index contributed by atoms with van der Waals surface area (Å²) in [5.74, 6) is 0. The van der Waals surface area contributed by atoms with E-state index in [4.69, 9.17) is 11.6 Å². The predicted molar refractivity (Wildman–Crippen MR) is 68.1 cm³/mol. The number of anilines is 1. The maximum Gasteiger partial charge on any atom is 0.401 e. The molecular weight excluding hydrogens is 265 g/mol. The van der Waals surface area contributed by atoms with Crippen molar-refractivity contribution in [2.24, 2.45) is 0 Å². The molecule has 6 heteroatoms. The molecule has 2 nitrogen and oxygen atoms in total. The molecule has 1 rings (SSSR count). The van der Waals surface area contributed by atoms with Crippen molar-refractivity contribution in [3.05, 3.63) is 29.3 Å². The van der Waals surface area contributed by atoms with E-state index in [1.54, 1.807) is 31.2 Å². The van der Waals surface area contributed by atoms with Gasteiger partial charge in [-0.05, 0) is 30.8 Å². The standard InChI is InChI=1S/C12H16ClF3N2/c1-2-18(9-12(14,15)16)8-7-17-11-5-3-10(13)4-6-11/h3-6,17H,2,7-9H2,1H3. The van der Waals surface area contributed by atoms with Crippen LogP contribution in [0.5, 0.6) is 0 Å². The summed E-state index contributed by atoms with van der Waals surface area (Å²) < 4.78 is 36.6. The molecular formula is C12H16ClF3N2. The van der Waals surface area contributed by atoms with Crippen LogP contribution >= 0.6 is 11.6 Å². The van der Waals surface area contributed by atoms with Crippen LogP contribution < -0.4 is 5.32 Å². The third-order valence-corrected chi connectivity index (χ3v) is 2.70. The highest BCUT2D eigenvalue weighted by molar-refractivity contribution is 6.30. The highest BCUT2D eigenvalue weighted by atomic mass is 35.5. The second-order valence-corrected chi connectivity index (χ2v) is 4.35. The number of halogens is 4. The maximum absolute atomic E-state index is 12.2. The van der Waals surface area contributed by atoms with Crippen molar-refractivity contribution in [2.75, 3.05) is 31.5 Å². The Balaban J connectivity index is 2.33. The van der Waals surface area contributed by atoms with Crippen LogP contribution in [0, 0.1) is 0 Å². The fraction of sp³-hybridized carbons (Fsp3) is 0.500. The Morgan fingerprint density at radius 3 is 2.33 bits per heavy atom. The minimum atomic E-state index is -4.14. The molecule has 0 unspecified atom stereocenters. The molecule has 0 heterocycles. The predicted octanol–water partition coefficient (Wildman–Crippen LogP) is 3.64. The van der Waals surface area contributed by atoms with E-state index in [1.807, 2.05) is 0 Å². The molecule has 0 aromatic heterocycles. The first-order valence-corrected chi connectivity index (χ1v) is 6.07. The molecule has 0 fully saturated rings. The monoisotopic (exact) mass is 280 g/mol. The molecule has 18 heavy (non-hydrogen) atoms. The quantitative estimate of drug-likeness (QED) is 0.856. The van der Waals surface area contributed by atoms with Crippen molar-refractivity contribution in [2.45, 2.75) is 13.1 Å². The minimum Gasteiger partial charge on any atom is -0.384 e. The number of nitrogens with zero attached hydrogens (tertiary/aromatic N) is 1. The van der Waals surface area contributed by atoms with Gasteiger partial charge in [0.2, 0.25) is 0 Å². The van der Waals surface area contributed by atoms with Gasteiger partial charge in [-0.3, -0.25) is 4.90 Å². The number of benzene rings is 1. The summed E-state index contributed by atoms with van der Waals surface area (Å²) in [4.78, 5) is 1.35. The first-order chi connectivity index (χ1) is 8.40. The Hall–Kier alpha value is -0.940. The number of hydrogen-bond acceptors (Lipinski definition) is 2. The summed E-state index contributed by atoms with van der Waals surface area (Å²) in [5.41, 5.74) is 0.850. The van der Waals surface area contributed by atoms with E-state index in [-0.39, 0.29) is 0 Å². The fourth-order valence-electron chi connectivity index (χ4n) is 1.53. The van der Waals surface area contributed by atoms with Gasteiger partial charge in [-0.15, -0.1) is 0 Å². The Bertz CT molecular complexity index is 351. The van der Waals surface area contributed by atoms with Crippen LogP contribution in [-0.2, 0) is 0 Å². The van der Waals surface area contributed by atoms with Gasteiger partial charge in [0.15, 0.2) is 0 Å². The Morgan fingerprint density at radius 1 is 1.22 bits per heavy atom. The van der Waals surface area contributed by atoms with Crippen LogP contribution in [0.1, 0.15) is 6.92 Å². The topological polar surface area (TPSA) is 15.3 Å². The molecule has 1 aromatic rings.